The highest BCUT2D eigenvalue weighted by Crippen LogP contribution is 2.30. The van der Waals surface area contributed by atoms with Gasteiger partial charge in [-0.25, -0.2) is 0 Å². The van der Waals surface area contributed by atoms with Gasteiger partial charge in [0.1, 0.15) is 0 Å². The summed E-state index contributed by atoms with van der Waals surface area (Å²) in [4.78, 5) is 19.8. The molecule has 92 valence electrons. The maximum atomic E-state index is 13.3. The Kier molecular flexibility index (Phi) is 3.37. The van der Waals surface area contributed by atoms with E-state index < -0.39 is 39.0 Å². The molecule has 0 N–H and O–H groups in total. The third-order valence-corrected chi connectivity index (χ3v) is 1.94. The van der Waals surface area contributed by atoms with Crippen molar-refractivity contribution < 1.29 is 27.3 Å². The van der Waals surface area contributed by atoms with Gasteiger partial charge in [-0.15, -0.1) is 0 Å². The predicted molar refractivity (Wildman–Crippen MR) is 48.4 cm³/mol. The molecule has 4 nitrogen and oxygen atoms in total. The molecule has 1 aromatic rings. The van der Waals surface area contributed by atoms with Crippen molar-refractivity contribution in [1.29, 1.82) is 0 Å². The van der Waals surface area contributed by atoms with Crippen LogP contribution in [0.5, 0.6) is 0 Å². The molecule has 0 saturated heterocycles. The summed E-state index contributed by atoms with van der Waals surface area (Å²) in [7, 11) is 0. The molecule has 0 aliphatic rings. The number of halogens is 5. The summed E-state index contributed by atoms with van der Waals surface area (Å²) in [6, 6.07) is 0.907. The monoisotopic (exact) mass is 271 g/mol. The first-order valence-electron chi connectivity index (χ1n) is 3.89. The first kappa shape index (κ1) is 13.4. The van der Waals surface area contributed by atoms with Gasteiger partial charge in [-0.1, -0.05) is 11.6 Å². The van der Waals surface area contributed by atoms with E-state index in [1.165, 1.54) is 0 Å². The van der Waals surface area contributed by atoms with Crippen LogP contribution in [0.15, 0.2) is 12.1 Å². The Balaban J connectivity index is 3.45. The fraction of sp³-hybridized carbons (Fsp3) is 0.125. The highest BCUT2D eigenvalue weighted by molar-refractivity contribution is 6.31. The van der Waals surface area contributed by atoms with Crippen molar-refractivity contribution >= 4 is 23.1 Å². The van der Waals surface area contributed by atoms with Crippen LogP contribution < -0.4 is 0 Å². The molecule has 0 aliphatic heterocycles. The van der Waals surface area contributed by atoms with Crippen LogP contribution in [0.1, 0.15) is 10.4 Å². The van der Waals surface area contributed by atoms with Gasteiger partial charge >= 0.3 is 11.9 Å². The van der Waals surface area contributed by atoms with Crippen molar-refractivity contribution in [3.8, 4) is 0 Å². The van der Waals surface area contributed by atoms with Crippen molar-refractivity contribution in [3.05, 3.63) is 38.7 Å². The zero-order valence-corrected chi connectivity index (χ0v) is 8.47. The number of alkyl halides is 3. The summed E-state index contributed by atoms with van der Waals surface area (Å²) in [6.07, 6.45) is -5.33. The van der Waals surface area contributed by atoms with Crippen LogP contribution in [0, 0.1) is 15.9 Å². The van der Waals surface area contributed by atoms with Gasteiger partial charge in [0.2, 0.25) is 5.82 Å². The van der Waals surface area contributed by atoms with Gasteiger partial charge in [-0.05, 0) is 6.07 Å². The van der Waals surface area contributed by atoms with Crippen LogP contribution in [-0.2, 0) is 0 Å². The van der Waals surface area contributed by atoms with Gasteiger partial charge < -0.3 is 0 Å². The Morgan fingerprint density at radius 3 is 2.29 bits per heavy atom. The largest absolute Gasteiger partial charge is 0.454 e. The van der Waals surface area contributed by atoms with Gasteiger partial charge in [0.05, 0.1) is 10.5 Å². The quantitative estimate of drug-likeness (QED) is 0.359. The van der Waals surface area contributed by atoms with Crippen LogP contribution in [-0.4, -0.2) is 16.9 Å². The average Bonchev–Trinajstić information content (AvgIpc) is 2.18. The zero-order chi connectivity index (χ0) is 13.4. The second-order valence-corrected chi connectivity index (χ2v) is 3.31. The van der Waals surface area contributed by atoms with E-state index in [4.69, 9.17) is 11.6 Å². The zero-order valence-electron chi connectivity index (χ0n) is 7.72. The number of rotatable bonds is 2. The smallest absolute Gasteiger partial charge is 0.284 e. The van der Waals surface area contributed by atoms with E-state index in [-0.39, 0.29) is 0 Å². The van der Waals surface area contributed by atoms with Crippen molar-refractivity contribution in [2.24, 2.45) is 0 Å². The molecular weight excluding hydrogens is 270 g/mol. The number of benzene rings is 1. The lowest BCUT2D eigenvalue weighted by atomic mass is 10.1. The van der Waals surface area contributed by atoms with Crippen LogP contribution >= 0.6 is 11.6 Å². The molecule has 0 aromatic heterocycles. The number of hydrogen-bond acceptors (Lipinski definition) is 3. The van der Waals surface area contributed by atoms with E-state index in [0.29, 0.717) is 12.1 Å². The third kappa shape index (κ3) is 2.70. The van der Waals surface area contributed by atoms with Crippen LogP contribution in [0.3, 0.4) is 0 Å². The van der Waals surface area contributed by atoms with Crippen LogP contribution in [0.4, 0.5) is 23.2 Å². The number of Topliss-reactive ketones (excluding diaryl/α,β-unsaturated/α-hetero) is 1. The normalized spacial score (nSPS) is 11.4. The summed E-state index contributed by atoms with van der Waals surface area (Å²) in [5.41, 5.74) is -2.76. The summed E-state index contributed by atoms with van der Waals surface area (Å²) in [5.74, 6) is -4.39. The number of nitro groups is 1. The Bertz CT molecular complexity index is 500. The Morgan fingerprint density at radius 1 is 1.35 bits per heavy atom. The van der Waals surface area contributed by atoms with E-state index in [0.717, 1.165) is 0 Å². The van der Waals surface area contributed by atoms with Crippen LogP contribution in [0.25, 0.3) is 0 Å². The van der Waals surface area contributed by atoms with E-state index in [9.17, 15) is 32.5 Å². The number of carbonyl (C=O) groups is 1. The minimum absolute atomic E-state index is 0.389. The van der Waals surface area contributed by atoms with Crippen LogP contribution in [0.2, 0.25) is 5.02 Å². The minimum atomic E-state index is -5.33. The fourth-order valence-corrected chi connectivity index (χ4v) is 1.24. The Hall–Kier alpha value is -1.70. The maximum absolute atomic E-state index is 13.3. The lowest BCUT2D eigenvalue weighted by molar-refractivity contribution is -0.387. The standard InChI is InChI=1S/C8H2ClF4NO3/c9-3-1-4(7(15)8(11,12)13)6(10)5(2-3)14(16)17/h1-2H. The Morgan fingerprint density at radius 2 is 1.88 bits per heavy atom. The highest BCUT2D eigenvalue weighted by Gasteiger charge is 2.42. The third-order valence-electron chi connectivity index (χ3n) is 1.72. The SMILES string of the molecule is O=C(c1cc(Cl)cc([N+](=O)[O-])c1F)C(F)(F)F. The second-order valence-electron chi connectivity index (χ2n) is 2.87. The van der Waals surface area contributed by atoms with Crippen molar-refractivity contribution in [1.82, 2.24) is 0 Å². The molecule has 0 heterocycles. The molecule has 0 atom stereocenters. The first-order chi connectivity index (χ1) is 7.64. The molecule has 0 radical (unpaired) electrons. The molecule has 1 aromatic carbocycles. The number of ketones is 1. The van der Waals surface area contributed by atoms with E-state index in [1.807, 2.05) is 0 Å². The highest BCUT2D eigenvalue weighted by atomic mass is 35.5. The fourth-order valence-electron chi connectivity index (χ4n) is 1.03. The molecule has 0 spiro atoms. The van der Waals surface area contributed by atoms with Crippen molar-refractivity contribution in [2.75, 3.05) is 0 Å². The summed E-state index contributed by atoms with van der Waals surface area (Å²) in [6.45, 7) is 0. The number of nitrogens with zero attached hydrogens (tertiary/aromatic N) is 1. The molecule has 17 heavy (non-hydrogen) atoms. The van der Waals surface area contributed by atoms with Gasteiger partial charge in [-0.3, -0.25) is 14.9 Å². The van der Waals surface area contributed by atoms with Gasteiger partial charge in [0.25, 0.3) is 5.78 Å². The topological polar surface area (TPSA) is 60.2 Å². The number of hydrogen-bond donors (Lipinski definition) is 0. The first-order valence-corrected chi connectivity index (χ1v) is 4.27. The number of carbonyl (C=O) groups excluding carboxylic acids is 1. The van der Waals surface area contributed by atoms with Gasteiger partial charge in [0.15, 0.2) is 0 Å². The molecule has 0 unspecified atom stereocenters. The summed E-state index contributed by atoms with van der Waals surface area (Å²) in [5, 5.41) is 9.78. The lowest BCUT2D eigenvalue weighted by Gasteiger charge is -2.06. The average molecular weight is 272 g/mol. The van der Waals surface area contributed by atoms with Gasteiger partial charge in [0, 0.05) is 11.1 Å². The molecule has 0 amide bonds. The minimum Gasteiger partial charge on any atom is -0.284 e. The predicted octanol–water partition coefficient (Wildman–Crippen LogP) is 3.13. The summed E-state index contributed by atoms with van der Waals surface area (Å²) < 4.78 is 49.4. The van der Waals surface area contributed by atoms with E-state index in [2.05, 4.69) is 0 Å². The van der Waals surface area contributed by atoms with Gasteiger partial charge in [-0.2, -0.15) is 17.6 Å². The molecule has 0 fully saturated rings. The molecular formula is C8H2ClF4NO3. The van der Waals surface area contributed by atoms with E-state index >= 15 is 0 Å². The second kappa shape index (κ2) is 4.28. The Labute approximate surface area is 95.9 Å². The molecule has 9 heteroatoms. The molecule has 1 rings (SSSR count). The number of nitro benzene ring substituents is 1. The molecule has 0 bridgehead atoms. The van der Waals surface area contributed by atoms with Crippen molar-refractivity contribution in [2.45, 2.75) is 6.18 Å². The lowest BCUT2D eigenvalue weighted by Crippen LogP contribution is -2.24. The molecule has 0 saturated carbocycles. The molecule has 0 aliphatic carbocycles. The maximum Gasteiger partial charge on any atom is 0.454 e. The van der Waals surface area contributed by atoms with Crippen molar-refractivity contribution in [3.63, 3.8) is 0 Å². The summed E-state index contributed by atoms with van der Waals surface area (Å²) >= 11 is 5.27. The van der Waals surface area contributed by atoms with E-state index in [1.54, 1.807) is 0 Å².